The van der Waals surface area contributed by atoms with Crippen LogP contribution in [0.25, 0.3) is 0 Å². The fourth-order valence-electron chi connectivity index (χ4n) is 6.46. The molecule has 176 valence electrons. The molecule has 0 amide bonds. The first-order valence-corrected chi connectivity index (χ1v) is 11.9. The molecule has 7 nitrogen and oxygen atoms in total. The summed E-state index contributed by atoms with van der Waals surface area (Å²) in [6, 6.07) is 8.32. The molecule has 1 aliphatic carbocycles. The molecule has 3 atom stereocenters. The fraction of sp³-hybridized carbons (Fsp3) is 0.538. The predicted octanol–water partition coefficient (Wildman–Crippen LogP) is 4.56. The Morgan fingerprint density at radius 3 is 2.21 bits per heavy atom. The molecule has 3 aliphatic heterocycles. The zero-order chi connectivity index (χ0) is 22.6. The molecule has 0 aromatic heterocycles. The van der Waals surface area contributed by atoms with E-state index in [0.717, 1.165) is 60.7 Å². The van der Waals surface area contributed by atoms with E-state index in [-0.39, 0.29) is 18.4 Å². The monoisotopic (exact) mass is 453 g/mol. The van der Waals surface area contributed by atoms with Crippen molar-refractivity contribution in [3.8, 4) is 34.5 Å². The predicted molar refractivity (Wildman–Crippen MR) is 122 cm³/mol. The number of ether oxygens (including phenoxy) is 6. The van der Waals surface area contributed by atoms with Crippen molar-refractivity contribution in [3.63, 3.8) is 0 Å². The van der Waals surface area contributed by atoms with E-state index in [4.69, 9.17) is 28.4 Å². The Morgan fingerprint density at radius 1 is 0.848 bits per heavy atom. The van der Waals surface area contributed by atoms with Crippen molar-refractivity contribution in [1.29, 1.82) is 0 Å². The van der Waals surface area contributed by atoms with Crippen LogP contribution < -0.4 is 28.4 Å². The average Bonchev–Trinajstić information content (AvgIpc) is 3.60. The smallest absolute Gasteiger partial charge is 0.231 e. The van der Waals surface area contributed by atoms with Crippen molar-refractivity contribution in [1.82, 2.24) is 4.90 Å². The number of hydrogen-bond acceptors (Lipinski definition) is 7. The van der Waals surface area contributed by atoms with Gasteiger partial charge in [0.1, 0.15) is 5.75 Å². The maximum atomic E-state index is 6.97. The van der Waals surface area contributed by atoms with E-state index in [1.165, 1.54) is 12.8 Å². The molecule has 0 N–H and O–H groups in total. The summed E-state index contributed by atoms with van der Waals surface area (Å²) in [6.45, 7) is 2.41. The van der Waals surface area contributed by atoms with Gasteiger partial charge in [-0.2, -0.15) is 0 Å². The van der Waals surface area contributed by atoms with E-state index >= 15 is 0 Å². The molecule has 0 bridgehead atoms. The summed E-state index contributed by atoms with van der Waals surface area (Å²) in [5, 5.41) is 0. The minimum Gasteiger partial charge on any atom is -0.493 e. The van der Waals surface area contributed by atoms with Crippen molar-refractivity contribution >= 4 is 0 Å². The van der Waals surface area contributed by atoms with Crippen LogP contribution in [0.2, 0.25) is 0 Å². The molecule has 6 rings (SSSR count). The minimum absolute atomic E-state index is 0.111. The Balaban J connectivity index is 1.56. The Labute approximate surface area is 194 Å². The van der Waals surface area contributed by atoms with Gasteiger partial charge in [0.2, 0.25) is 12.5 Å². The SMILES string of the molecule is COc1cc([C@@H]2c3cc4c(cc3OC3(N5CCCC5)CCC[C@@H]23)OCO4)cc(OC)c1OC. The lowest BCUT2D eigenvalue weighted by Crippen LogP contribution is -2.58. The molecular formula is C26H31NO6. The van der Waals surface area contributed by atoms with Crippen LogP contribution in [-0.2, 0) is 0 Å². The first-order chi connectivity index (χ1) is 16.2. The fourth-order valence-corrected chi connectivity index (χ4v) is 6.46. The van der Waals surface area contributed by atoms with Gasteiger partial charge in [-0.3, -0.25) is 4.90 Å². The van der Waals surface area contributed by atoms with E-state index in [9.17, 15) is 0 Å². The second-order valence-electron chi connectivity index (χ2n) is 9.32. The topological polar surface area (TPSA) is 58.6 Å². The van der Waals surface area contributed by atoms with Crippen molar-refractivity contribution in [2.45, 2.75) is 43.7 Å². The number of fused-ring (bicyclic) bond motifs is 3. The minimum atomic E-state index is -0.303. The van der Waals surface area contributed by atoms with Gasteiger partial charge in [-0.1, -0.05) is 0 Å². The van der Waals surface area contributed by atoms with Crippen molar-refractivity contribution in [2.24, 2.45) is 5.92 Å². The van der Waals surface area contributed by atoms with E-state index in [1.807, 2.05) is 6.07 Å². The highest BCUT2D eigenvalue weighted by atomic mass is 16.7. The molecule has 2 aromatic carbocycles. The summed E-state index contributed by atoms with van der Waals surface area (Å²) in [5.74, 6) is 4.80. The third kappa shape index (κ3) is 3.05. The zero-order valence-corrected chi connectivity index (χ0v) is 19.5. The maximum Gasteiger partial charge on any atom is 0.231 e. The summed E-state index contributed by atoms with van der Waals surface area (Å²) in [4.78, 5) is 2.59. The molecule has 1 saturated heterocycles. The van der Waals surface area contributed by atoms with Gasteiger partial charge in [0, 0.05) is 43.0 Å². The standard InChI is InChI=1S/C26H31NO6/c1-28-22-11-16(12-23(29-2)25(22)30-3)24-17-13-20-21(32-15-31-20)14-19(17)33-26(8-6-7-18(24)26)27-9-4-5-10-27/h11-14,18,24H,4-10,15H2,1-3H3/t18-,24+,26?/m0/s1. The highest BCUT2D eigenvalue weighted by Gasteiger charge is 2.57. The molecule has 1 saturated carbocycles. The number of likely N-dealkylation sites (tertiary alicyclic amines) is 1. The van der Waals surface area contributed by atoms with Gasteiger partial charge in [0.25, 0.3) is 0 Å². The summed E-state index contributed by atoms with van der Waals surface area (Å²) >= 11 is 0. The van der Waals surface area contributed by atoms with Crippen LogP contribution in [0.1, 0.15) is 49.1 Å². The number of methoxy groups -OCH3 is 3. The summed E-state index contributed by atoms with van der Waals surface area (Å²) < 4.78 is 35.5. The van der Waals surface area contributed by atoms with Crippen LogP contribution in [0.15, 0.2) is 24.3 Å². The van der Waals surface area contributed by atoms with E-state index in [1.54, 1.807) is 21.3 Å². The Morgan fingerprint density at radius 2 is 1.55 bits per heavy atom. The molecule has 33 heavy (non-hydrogen) atoms. The second kappa shape index (κ2) is 7.90. The Bertz CT molecular complexity index is 1040. The lowest BCUT2D eigenvalue weighted by atomic mass is 9.73. The van der Waals surface area contributed by atoms with Gasteiger partial charge >= 0.3 is 0 Å². The number of hydrogen-bond donors (Lipinski definition) is 0. The van der Waals surface area contributed by atoms with E-state index in [0.29, 0.717) is 23.2 Å². The first kappa shape index (κ1) is 20.8. The molecular weight excluding hydrogens is 422 g/mol. The number of nitrogens with zero attached hydrogens (tertiary/aromatic N) is 1. The molecule has 4 aliphatic rings. The van der Waals surface area contributed by atoms with E-state index in [2.05, 4.69) is 23.1 Å². The highest BCUT2D eigenvalue weighted by Crippen LogP contribution is 2.59. The number of benzene rings is 2. The first-order valence-electron chi connectivity index (χ1n) is 11.9. The van der Waals surface area contributed by atoms with Crippen LogP contribution >= 0.6 is 0 Å². The van der Waals surface area contributed by atoms with Crippen LogP contribution in [-0.4, -0.2) is 51.8 Å². The van der Waals surface area contributed by atoms with Gasteiger partial charge in [0.05, 0.1) is 21.3 Å². The van der Waals surface area contributed by atoms with E-state index < -0.39 is 0 Å². The second-order valence-corrected chi connectivity index (χ2v) is 9.32. The average molecular weight is 454 g/mol. The van der Waals surface area contributed by atoms with Gasteiger partial charge in [-0.05, 0) is 49.4 Å². The molecule has 7 heteroatoms. The largest absolute Gasteiger partial charge is 0.493 e. The lowest BCUT2D eigenvalue weighted by molar-refractivity contribution is -0.117. The zero-order valence-electron chi connectivity index (χ0n) is 19.5. The third-order valence-electron chi connectivity index (χ3n) is 7.85. The van der Waals surface area contributed by atoms with Crippen LogP contribution in [0.5, 0.6) is 34.5 Å². The Kier molecular flexibility index (Phi) is 4.98. The molecule has 1 unspecified atom stereocenters. The summed E-state index contributed by atoms with van der Waals surface area (Å²) in [7, 11) is 4.97. The summed E-state index contributed by atoms with van der Waals surface area (Å²) in [6.07, 6.45) is 5.72. The van der Waals surface area contributed by atoms with Crippen molar-refractivity contribution in [2.75, 3.05) is 41.2 Å². The van der Waals surface area contributed by atoms with Gasteiger partial charge in [-0.15, -0.1) is 0 Å². The highest BCUT2D eigenvalue weighted by molar-refractivity contribution is 5.60. The van der Waals surface area contributed by atoms with Crippen molar-refractivity contribution in [3.05, 3.63) is 35.4 Å². The molecule has 2 fully saturated rings. The quantitative estimate of drug-likeness (QED) is 0.658. The van der Waals surface area contributed by atoms with Crippen molar-refractivity contribution < 1.29 is 28.4 Å². The van der Waals surface area contributed by atoms with Gasteiger partial charge < -0.3 is 28.4 Å². The van der Waals surface area contributed by atoms with Gasteiger partial charge in [0.15, 0.2) is 28.7 Å². The maximum absolute atomic E-state index is 6.97. The van der Waals surface area contributed by atoms with Crippen LogP contribution in [0, 0.1) is 5.92 Å². The van der Waals surface area contributed by atoms with Crippen LogP contribution in [0.3, 0.4) is 0 Å². The molecule has 2 aromatic rings. The number of rotatable bonds is 5. The Hall–Kier alpha value is -2.80. The molecule has 0 radical (unpaired) electrons. The third-order valence-corrected chi connectivity index (χ3v) is 7.85. The van der Waals surface area contributed by atoms with Gasteiger partial charge in [-0.25, -0.2) is 0 Å². The molecule has 0 spiro atoms. The van der Waals surface area contributed by atoms with Crippen LogP contribution in [0.4, 0.5) is 0 Å². The molecule has 3 heterocycles. The normalized spacial score (nSPS) is 27.6. The summed E-state index contributed by atoms with van der Waals surface area (Å²) in [5.41, 5.74) is 1.97. The lowest BCUT2D eigenvalue weighted by Gasteiger charge is -2.50.